The molecule has 0 unspecified atom stereocenters. The number of carbonyl (C=O) groups is 1. The summed E-state index contributed by atoms with van der Waals surface area (Å²) < 4.78 is 35.5. The zero-order valence-corrected chi connectivity index (χ0v) is 15.4. The van der Waals surface area contributed by atoms with Crippen LogP contribution in [0.5, 0.6) is 5.75 Å². The molecule has 0 aliphatic heterocycles. The van der Waals surface area contributed by atoms with Gasteiger partial charge >= 0.3 is 0 Å². The van der Waals surface area contributed by atoms with Gasteiger partial charge in [-0.1, -0.05) is 12.2 Å². The predicted octanol–water partition coefficient (Wildman–Crippen LogP) is 3.54. The van der Waals surface area contributed by atoms with Crippen molar-refractivity contribution in [1.29, 1.82) is 0 Å². The van der Waals surface area contributed by atoms with Crippen LogP contribution in [0.25, 0.3) is 6.08 Å². The van der Waals surface area contributed by atoms with Crippen molar-refractivity contribution < 1.29 is 18.3 Å². The summed E-state index contributed by atoms with van der Waals surface area (Å²) in [6.07, 6.45) is 9.13. The number of hydrogen-bond acceptors (Lipinski definition) is 3. The van der Waals surface area contributed by atoms with Gasteiger partial charge in [0.05, 0.1) is 19.3 Å². The molecule has 1 aromatic heterocycles. The monoisotopic (exact) mass is 375 g/mol. The molecular weight excluding hydrogens is 352 g/mol. The maximum absolute atomic E-state index is 14.3. The van der Waals surface area contributed by atoms with Crippen molar-refractivity contribution in [1.82, 2.24) is 15.1 Å². The first-order valence-electron chi connectivity index (χ1n) is 8.99. The number of carbonyl (C=O) groups excluding carboxylic acids is 1. The van der Waals surface area contributed by atoms with E-state index in [9.17, 15) is 13.6 Å². The van der Waals surface area contributed by atoms with Crippen molar-refractivity contribution in [3.05, 3.63) is 53.4 Å². The van der Waals surface area contributed by atoms with Gasteiger partial charge in [-0.15, -0.1) is 0 Å². The molecular formula is C20H23F2N3O2. The molecule has 1 aromatic carbocycles. The Morgan fingerprint density at radius 2 is 2.11 bits per heavy atom. The van der Waals surface area contributed by atoms with Crippen LogP contribution in [0.3, 0.4) is 0 Å². The van der Waals surface area contributed by atoms with Crippen LogP contribution in [-0.4, -0.2) is 28.3 Å². The van der Waals surface area contributed by atoms with E-state index in [1.807, 2.05) is 13.0 Å². The minimum Gasteiger partial charge on any atom is -0.493 e. The van der Waals surface area contributed by atoms with E-state index in [1.165, 1.54) is 23.7 Å². The first kappa shape index (κ1) is 19.1. The van der Waals surface area contributed by atoms with E-state index in [2.05, 4.69) is 10.4 Å². The second kappa shape index (κ2) is 8.33. The number of amides is 1. The molecule has 1 aliphatic carbocycles. The molecule has 7 heteroatoms. The van der Waals surface area contributed by atoms with Crippen LogP contribution >= 0.6 is 0 Å². The summed E-state index contributed by atoms with van der Waals surface area (Å²) in [5.74, 6) is -0.671. The smallest absolute Gasteiger partial charge is 0.217 e. The van der Waals surface area contributed by atoms with Crippen LogP contribution in [0, 0.1) is 17.6 Å². The van der Waals surface area contributed by atoms with Gasteiger partial charge in [0.2, 0.25) is 5.91 Å². The Morgan fingerprint density at radius 1 is 1.41 bits per heavy atom. The van der Waals surface area contributed by atoms with Crippen LogP contribution in [0.4, 0.5) is 8.78 Å². The second-order valence-corrected chi connectivity index (χ2v) is 6.94. The number of ether oxygens (including phenoxy) is 1. The molecule has 1 atom stereocenters. The van der Waals surface area contributed by atoms with Crippen molar-refractivity contribution in [2.24, 2.45) is 5.92 Å². The lowest BCUT2D eigenvalue weighted by Gasteiger charge is -2.10. The molecule has 1 fully saturated rings. The van der Waals surface area contributed by atoms with Gasteiger partial charge in [-0.25, -0.2) is 8.78 Å². The summed E-state index contributed by atoms with van der Waals surface area (Å²) in [5.41, 5.74) is 0.719. The number of halogens is 2. The third-order valence-electron chi connectivity index (χ3n) is 4.28. The van der Waals surface area contributed by atoms with E-state index in [4.69, 9.17) is 4.74 Å². The molecule has 1 amide bonds. The van der Waals surface area contributed by atoms with Gasteiger partial charge in [-0.2, -0.15) is 5.10 Å². The maximum Gasteiger partial charge on any atom is 0.217 e. The molecule has 27 heavy (non-hydrogen) atoms. The minimum atomic E-state index is -0.646. The molecule has 0 bridgehead atoms. The lowest BCUT2D eigenvalue weighted by Crippen LogP contribution is -2.28. The van der Waals surface area contributed by atoms with Gasteiger partial charge in [-0.3, -0.25) is 9.48 Å². The number of nitrogens with one attached hydrogen (secondary N) is 1. The zero-order chi connectivity index (χ0) is 19.4. The minimum absolute atomic E-state index is 0.0182. The van der Waals surface area contributed by atoms with E-state index in [0.29, 0.717) is 12.5 Å². The van der Waals surface area contributed by atoms with E-state index in [1.54, 1.807) is 18.5 Å². The summed E-state index contributed by atoms with van der Waals surface area (Å²) in [4.78, 5) is 11.0. The maximum atomic E-state index is 14.3. The first-order chi connectivity index (χ1) is 12.9. The highest BCUT2D eigenvalue weighted by atomic mass is 19.1. The fourth-order valence-electron chi connectivity index (χ4n) is 2.65. The topological polar surface area (TPSA) is 56.2 Å². The standard InChI is InChI=1S/C20H23F2N3O2/c1-13(24-14(2)26)3-4-16-9-23-25(10-16)11-18-19(21)7-17(8-20(18)22)27-12-15-5-6-15/h3-4,7-10,13,15H,5-6,11-12H2,1-2H3,(H,24,26)/b4-3+/t13-/m0/s1. The molecule has 1 heterocycles. The normalized spacial score (nSPS) is 15.1. The van der Waals surface area contributed by atoms with E-state index in [0.717, 1.165) is 18.4 Å². The van der Waals surface area contributed by atoms with Crippen molar-refractivity contribution in [3.63, 3.8) is 0 Å². The van der Waals surface area contributed by atoms with Crippen LogP contribution < -0.4 is 10.1 Å². The molecule has 3 rings (SSSR count). The lowest BCUT2D eigenvalue weighted by molar-refractivity contribution is -0.119. The van der Waals surface area contributed by atoms with Crippen molar-refractivity contribution >= 4 is 12.0 Å². The molecule has 1 saturated carbocycles. The largest absolute Gasteiger partial charge is 0.493 e. The summed E-state index contributed by atoms with van der Waals surface area (Å²) in [6, 6.07) is 2.32. The Morgan fingerprint density at radius 3 is 2.74 bits per heavy atom. The molecule has 144 valence electrons. The molecule has 1 aliphatic rings. The van der Waals surface area contributed by atoms with E-state index >= 15 is 0 Å². The third-order valence-corrected chi connectivity index (χ3v) is 4.28. The Bertz CT molecular complexity index is 820. The van der Waals surface area contributed by atoms with Gasteiger partial charge in [0.15, 0.2) is 0 Å². The number of nitrogens with zero attached hydrogens (tertiary/aromatic N) is 2. The zero-order valence-electron chi connectivity index (χ0n) is 15.4. The van der Waals surface area contributed by atoms with Gasteiger partial charge in [-0.05, 0) is 25.7 Å². The highest BCUT2D eigenvalue weighted by Gasteiger charge is 2.22. The van der Waals surface area contributed by atoms with Crippen LogP contribution in [-0.2, 0) is 11.3 Å². The van der Waals surface area contributed by atoms with Crippen molar-refractivity contribution in [2.75, 3.05) is 6.61 Å². The second-order valence-electron chi connectivity index (χ2n) is 6.94. The van der Waals surface area contributed by atoms with Crippen LogP contribution in [0.2, 0.25) is 0 Å². The van der Waals surface area contributed by atoms with Crippen molar-refractivity contribution in [3.8, 4) is 5.75 Å². The molecule has 2 aromatic rings. The Hall–Kier alpha value is -2.70. The van der Waals surface area contributed by atoms with Gasteiger partial charge in [0.25, 0.3) is 0 Å². The summed E-state index contributed by atoms with van der Waals surface area (Å²) in [5, 5.41) is 6.87. The Balaban J connectivity index is 1.64. The predicted molar refractivity (Wildman–Crippen MR) is 98.2 cm³/mol. The summed E-state index contributed by atoms with van der Waals surface area (Å²) in [6.45, 7) is 3.79. The Kier molecular flexibility index (Phi) is 5.88. The average Bonchev–Trinajstić information content (AvgIpc) is 3.32. The first-order valence-corrected chi connectivity index (χ1v) is 8.99. The third kappa shape index (κ3) is 5.64. The fraction of sp³-hybridized carbons (Fsp3) is 0.400. The summed E-state index contributed by atoms with van der Waals surface area (Å²) >= 11 is 0. The number of aromatic nitrogens is 2. The highest BCUT2D eigenvalue weighted by molar-refractivity contribution is 5.73. The molecule has 0 spiro atoms. The molecule has 0 radical (unpaired) electrons. The number of hydrogen-bond donors (Lipinski definition) is 1. The van der Waals surface area contributed by atoms with Crippen molar-refractivity contribution in [2.45, 2.75) is 39.3 Å². The SMILES string of the molecule is CC(=O)N[C@@H](C)/C=C/c1cnn(Cc2c(F)cc(OCC3CC3)cc2F)c1. The molecule has 5 nitrogen and oxygen atoms in total. The number of rotatable bonds is 8. The lowest BCUT2D eigenvalue weighted by atomic mass is 10.2. The van der Waals surface area contributed by atoms with Gasteiger partial charge < -0.3 is 10.1 Å². The van der Waals surface area contributed by atoms with Gasteiger partial charge in [0.1, 0.15) is 17.4 Å². The van der Waals surface area contributed by atoms with E-state index in [-0.39, 0.29) is 29.8 Å². The Labute approximate surface area is 157 Å². The average molecular weight is 375 g/mol. The fourth-order valence-corrected chi connectivity index (χ4v) is 2.65. The van der Waals surface area contributed by atoms with Crippen LogP contribution in [0.15, 0.2) is 30.6 Å². The summed E-state index contributed by atoms with van der Waals surface area (Å²) in [7, 11) is 0. The van der Waals surface area contributed by atoms with Gasteiger partial charge in [0, 0.05) is 42.4 Å². The quantitative estimate of drug-likeness (QED) is 0.768. The van der Waals surface area contributed by atoms with E-state index < -0.39 is 11.6 Å². The van der Waals surface area contributed by atoms with Crippen LogP contribution in [0.1, 0.15) is 37.8 Å². The molecule has 0 saturated heterocycles. The highest BCUT2D eigenvalue weighted by Crippen LogP contribution is 2.30. The number of benzene rings is 1. The molecule has 1 N–H and O–H groups in total.